The molecule has 2 rings (SSSR count). The van der Waals surface area contributed by atoms with Crippen LogP contribution < -0.4 is 5.32 Å². The van der Waals surface area contributed by atoms with Crippen LogP contribution in [0.5, 0.6) is 0 Å². The molecule has 1 N–H and O–H groups in total. The fourth-order valence-electron chi connectivity index (χ4n) is 1.92. The van der Waals surface area contributed by atoms with E-state index in [1.807, 2.05) is 0 Å². The maximum Gasteiger partial charge on any atom is 0.140 e. The first-order chi connectivity index (χ1) is 7.16. The minimum absolute atomic E-state index is 0.338. The third-order valence-electron chi connectivity index (χ3n) is 2.76. The molecule has 1 aliphatic rings. The highest BCUT2D eigenvalue weighted by atomic mass is 79.9. The van der Waals surface area contributed by atoms with Crippen molar-refractivity contribution in [2.24, 2.45) is 5.92 Å². The maximum absolute atomic E-state index is 13.4. The van der Waals surface area contributed by atoms with Gasteiger partial charge in [0.15, 0.2) is 0 Å². The van der Waals surface area contributed by atoms with Crippen molar-refractivity contribution in [3.63, 3.8) is 0 Å². The molecule has 0 aromatic heterocycles. The van der Waals surface area contributed by atoms with Gasteiger partial charge < -0.3 is 5.32 Å². The molecule has 1 aliphatic heterocycles. The number of rotatable bonds is 2. The van der Waals surface area contributed by atoms with Crippen LogP contribution in [0.25, 0.3) is 0 Å². The average molecular weight is 276 g/mol. The first kappa shape index (κ1) is 11.0. The SMILES string of the molecule is Fc1cc(F)c(CC2CCNC2)cc1Br. The largest absolute Gasteiger partial charge is 0.316 e. The predicted molar refractivity (Wildman–Crippen MR) is 58.7 cm³/mol. The second-order valence-electron chi connectivity index (χ2n) is 3.92. The van der Waals surface area contributed by atoms with Gasteiger partial charge in [0.05, 0.1) is 4.47 Å². The Morgan fingerprint density at radius 1 is 1.33 bits per heavy atom. The van der Waals surface area contributed by atoms with Gasteiger partial charge >= 0.3 is 0 Å². The van der Waals surface area contributed by atoms with E-state index < -0.39 is 11.6 Å². The highest BCUT2D eigenvalue weighted by Crippen LogP contribution is 2.23. The van der Waals surface area contributed by atoms with Gasteiger partial charge in [-0.25, -0.2) is 8.78 Å². The van der Waals surface area contributed by atoms with E-state index in [1.54, 1.807) is 6.07 Å². The molecule has 1 heterocycles. The molecule has 1 unspecified atom stereocenters. The number of hydrogen-bond donors (Lipinski definition) is 1. The zero-order valence-corrected chi connectivity index (χ0v) is 9.78. The van der Waals surface area contributed by atoms with Crippen LogP contribution in [-0.4, -0.2) is 13.1 Å². The van der Waals surface area contributed by atoms with Crippen LogP contribution in [0.3, 0.4) is 0 Å². The molecule has 0 saturated carbocycles. The zero-order valence-electron chi connectivity index (χ0n) is 8.19. The van der Waals surface area contributed by atoms with Crippen molar-refractivity contribution < 1.29 is 8.78 Å². The highest BCUT2D eigenvalue weighted by Gasteiger charge is 2.17. The van der Waals surface area contributed by atoms with Crippen LogP contribution in [0.2, 0.25) is 0 Å². The highest BCUT2D eigenvalue weighted by molar-refractivity contribution is 9.10. The Morgan fingerprint density at radius 2 is 2.13 bits per heavy atom. The van der Waals surface area contributed by atoms with Crippen molar-refractivity contribution in [1.82, 2.24) is 5.32 Å². The molecule has 15 heavy (non-hydrogen) atoms. The molecular weight excluding hydrogens is 264 g/mol. The summed E-state index contributed by atoms with van der Waals surface area (Å²) in [6.07, 6.45) is 1.74. The minimum atomic E-state index is -0.541. The monoisotopic (exact) mass is 275 g/mol. The van der Waals surface area contributed by atoms with E-state index in [-0.39, 0.29) is 0 Å². The average Bonchev–Trinajstić information content (AvgIpc) is 2.67. The van der Waals surface area contributed by atoms with Crippen LogP contribution in [0.4, 0.5) is 8.78 Å². The van der Waals surface area contributed by atoms with Crippen LogP contribution in [0.1, 0.15) is 12.0 Å². The lowest BCUT2D eigenvalue weighted by atomic mass is 9.98. The lowest BCUT2D eigenvalue weighted by molar-refractivity contribution is 0.530. The second-order valence-corrected chi connectivity index (χ2v) is 4.78. The third kappa shape index (κ3) is 2.55. The quantitative estimate of drug-likeness (QED) is 0.819. The molecule has 1 saturated heterocycles. The van der Waals surface area contributed by atoms with E-state index in [1.165, 1.54) is 0 Å². The van der Waals surface area contributed by atoms with Crippen LogP contribution in [0, 0.1) is 17.6 Å². The van der Waals surface area contributed by atoms with Gasteiger partial charge in [0.1, 0.15) is 11.6 Å². The van der Waals surface area contributed by atoms with E-state index in [0.29, 0.717) is 22.4 Å². The number of halogens is 3. The van der Waals surface area contributed by atoms with Gasteiger partial charge in [0.2, 0.25) is 0 Å². The van der Waals surface area contributed by atoms with Gasteiger partial charge in [-0.15, -0.1) is 0 Å². The van der Waals surface area contributed by atoms with E-state index in [4.69, 9.17) is 0 Å². The Hall–Kier alpha value is -0.480. The first-order valence-electron chi connectivity index (χ1n) is 5.01. The second kappa shape index (κ2) is 4.58. The number of nitrogens with one attached hydrogen (secondary N) is 1. The van der Waals surface area contributed by atoms with Crippen LogP contribution in [0.15, 0.2) is 16.6 Å². The molecule has 82 valence electrons. The van der Waals surface area contributed by atoms with Crippen molar-refractivity contribution >= 4 is 15.9 Å². The van der Waals surface area contributed by atoms with Gasteiger partial charge in [-0.05, 0) is 59.4 Å². The van der Waals surface area contributed by atoms with E-state index in [9.17, 15) is 8.78 Å². The van der Waals surface area contributed by atoms with Crippen molar-refractivity contribution in [3.05, 3.63) is 33.8 Å². The molecule has 1 aromatic rings. The molecule has 0 aliphatic carbocycles. The van der Waals surface area contributed by atoms with E-state index in [2.05, 4.69) is 21.2 Å². The summed E-state index contributed by atoms with van der Waals surface area (Å²) < 4.78 is 26.7. The summed E-state index contributed by atoms with van der Waals surface area (Å²) in [5.74, 6) is -0.514. The molecular formula is C11H12BrF2N. The summed E-state index contributed by atoms with van der Waals surface area (Å²) in [7, 11) is 0. The van der Waals surface area contributed by atoms with Gasteiger partial charge in [-0.3, -0.25) is 0 Å². The summed E-state index contributed by atoms with van der Waals surface area (Å²) in [5, 5.41) is 3.23. The van der Waals surface area contributed by atoms with Crippen LogP contribution >= 0.6 is 15.9 Å². The lowest BCUT2D eigenvalue weighted by Crippen LogP contribution is -2.11. The van der Waals surface area contributed by atoms with Crippen molar-refractivity contribution in [1.29, 1.82) is 0 Å². The van der Waals surface area contributed by atoms with E-state index in [0.717, 1.165) is 25.6 Å². The minimum Gasteiger partial charge on any atom is -0.316 e. The molecule has 1 aromatic carbocycles. The first-order valence-corrected chi connectivity index (χ1v) is 5.80. The van der Waals surface area contributed by atoms with Crippen molar-refractivity contribution in [2.75, 3.05) is 13.1 Å². The lowest BCUT2D eigenvalue weighted by Gasteiger charge is -2.09. The molecule has 0 radical (unpaired) electrons. The Bertz CT molecular complexity index is 362. The van der Waals surface area contributed by atoms with Gasteiger partial charge in [0.25, 0.3) is 0 Å². The molecule has 0 spiro atoms. The normalized spacial score (nSPS) is 20.9. The zero-order chi connectivity index (χ0) is 10.8. The molecule has 1 atom stereocenters. The van der Waals surface area contributed by atoms with Crippen molar-refractivity contribution in [3.8, 4) is 0 Å². The van der Waals surface area contributed by atoms with Gasteiger partial charge in [-0.2, -0.15) is 0 Å². The smallest absolute Gasteiger partial charge is 0.140 e. The molecule has 4 heteroatoms. The Morgan fingerprint density at radius 3 is 2.80 bits per heavy atom. The predicted octanol–water partition coefficient (Wildman–Crippen LogP) is 2.88. The number of benzene rings is 1. The summed E-state index contributed by atoms with van der Waals surface area (Å²) in [6.45, 7) is 1.92. The summed E-state index contributed by atoms with van der Waals surface area (Å²) in [6, 6.07) is 2.49. The fourth-order valence-corrected chi connectivity index (χ4v) is 2.31. The Kier molecular flexibility index (Phi) is 3.36. The molecule has 1 fully saturated rings. The molecule has 0 amide bonds. The summed E-state index contributed by atoms with van der Waals surface area (Å²) in [4.78, 5) is 0. The molecule has 1 nitrogen and oxygen atoms in total. The Balaban J connectivity index is 2.16. The number of hydrogen-bond acceptors (Lipinski definition) is 1. The fraction of sp³-hybridized carbons (Fsp3) is 0.455. The molecule has 0 bridgehead atoms. The third-order valence-corrected chi connectivity index (χ3v) is 3.37. The Labute approximate surface area is 96.0 Å². The standard InChI is InChI=1S/C11H12BrF2N/c12-9-4-8(10(13)5-11(9)14)3-7-1-2-15-6-7/h4-5,7,15H,1-3,6H2. The summed E-state index contributed by atoms with van der Waals surface area (Å²) in [5.41, 5.74) is 0.594. The van der Waals surface area contributed by atoms with Crippen LogP contribution in [-0.2, 0) is 6.42 Å². The topological polar surface area (TPSA) is 12.0 Å². The maximum atomic E-state index is 13.4. The van der Waals surface area contributed by atoms with Gasteiger partial charge in [-0.1, -0.05) is 0 Å². The summed E-state index contributed by atoms with van der Waals surface area (Å²) >= 11 is 3.07. The van der Waals surface area contributed by atoms with E-state index >= 15 is 0 Å². The van der Waals surface area contributed by atoms with Crippen molar-refractivity contribution in [2.45, 2.75) is 12.8 Å². The van der Waals surface area contributed by atoms with Gasteiger partial charge in [0, 0.05) is 6.07 Å².